The van der Waals surface area contributed by atoms with Gasteiger partial charge < -0.3 is 15.4 Å². The number of urea groups is 1. The largest absolute Gasteiger partial charge is 0.451 e. The lowest BCUT2D eigenvalue weighted by Crippen LogP contribution is -2.38. The molecule has 2 aromatic rings. The Balaban J connectivity index is 1.66. The van der Waals surface area contributed by atoms with E-state index in [0.29, 0.717) is 6.42 Å². The van der Waals surface area contributed by atoms with Crippen molar-refractivity contribution in [2.75, 3.05) is 16.8 Å². The van der Waals surface area contributed by atoms with Gasteiger partial charge in [-0.05, 0) is 30.7 Å². The normalized spacial score (nSPS) is 17.8. The number of amides is 2. The van der Waals surface area contributed by atoms with Crippen LogP contribution < -0.4 is 15.4 Å². The number of ether oxygens (including phenoxy) is 1. The van der Waals surface area contributed by atoms with Crippen molar-refractivity contribution in [3.8, 4) is 11.5 Å². The third-order valence-corrected chi connectivity index (χ3v) is 5.84. The van der Waals surface area contributed by atoms with Gasteiger partial charge in [0.2, 0.25) is 34.8 Å². The fraction of sp³-hybridized carbons (Fsp3) is 0.235. The van der Waals surface area contributed by atoms with E-state index in [2.05, 4.69) is 10.6 Å². The zero-order valence-corrected chi connectivity index (χ0v) is 15.3. The molecular weight excluding hydrogens is 423 g/mol. The second kappa shape index (κ2) is 7.85. The van der Waals surface area contributed by atoms with Crippen molar-refractivity contribution in [3.63, 3.8) is 0 Å². The molecule has 0 aromatic heterocycles. The van der Waals surface area contributed by atoms with E-state index in [1.165, 1.54) is 12.1 Å². The van der Waals surface area contributed by atoms with Crippen LogP contribution in [0.15, 0.2) is 24.3 Å². The lowest BCUT2D eigenvalue weighted by molar-refractivity contribution is 0.249. The second-order valence-corrected chi connectivity index (χ2v) is 8.45. The van der Waals surface area contributed by atoms with Crippen LogP contribution in [-0.4, -0.2) is 32.0 Å². The minimum atomic E-state index is -3.16. The molecule has 2 amide bonds. The highest BCUT2D eigenvalue weighted by atomic mass is 32.2. The van der Waals surface area contributed by atoms with Crippen LogP contribution in [0.4, 0.5) is 32.4 Å². The number of rotatable bonds is 4. The summed E-state index contributed by atoms with van der Waals surface area (Å²) >= 11 is 0. The molecule has 3 rings (SSSR count). The van der Waals surface area contributed by atoms with Crippen molar-refractivity contribution in [3.05, 3.63) is 53.4 Å². The third kappa shape index (κ3) is 4.58. The number of hydrogen-bond acceptors (Lipinski definition) is 4. The van der Waals surface area contributed by atoms with Crippen molar-refractivity contribution >= 4 is 21.6 Å². The Morgan fingerprint density at radius 2 is 1.48 bits per heavy atom. The molecule has 29 heavy (non-hydrogen) atoms. The molecule has 1 atom stereocenters. The van der Waals surface area contributed by atoms with Crippen LogP contribution in [0.25, 0.3) is 0 Å². The summed E-state index contributed by atoms with van der Waals surface area (Å²) in [6.07, 6.45) is 0.296. The van der Waals surface area contributed by atoms with Gasteiger partial charge in [0.1, 0.15) is 5.75 Å². The summed E-state index contributed by atoms with van der Waals surface area (Å²) in [6.45, 7) is 0. The molecule has 1 unspecified atom stereocenters. The van der Waals surface area contributed by atoms with Crippen LogP contribution in [0.2, 0.25) is 0 Å². The van der Waals surface area contributed by atoms with Crippen LogP contribution in [-0.2, 0) is 9.84 Å². The Morgan fingerprint density at radius 1 is 0.931 bits per heavy atom. The van der Waals surface area contributed by atoms with E-state index in [0.717, 1.165) is 12.1 Å². The molecule has 12 heteroatoms. The average Bonchev–Trinajstić information content (AvgIpc) is 3.01. The van der Waals surface area contributed by atoms with Gasteiger partial charge in [-0.3, -0.25) is 0 Å². The molecule has 1 heterocycles. The highest BCUT2D eigenvalue weighted by molar-refractivity contribution is 7.91. The summed E-state index contributed by atoms with van der Waals surface area (Å²) in [4.78, 5) is 11.9. The highest BCUT2D eigenvalue weighted by Gasteiger charge is 2.29. The first-order valence-corrected chi connectivity index (χ1v) is 9.97. The summed E-state index contributed by atoms with van der Waals surface area (Å²) < 4.78 is 94.2. The molecule has 0 bridgehead atoms. The number of nitrogens with one attached hydrogen (secondary N) is 2. The van der Waals surface area contributed by atoms with E-state index in [1.54, 1.807) is 0 Å². The number of anilines is 1. The Morgan fingerprint density at radius 3 is 2.00 bits per heavy atom. The molecule has 0 saturated carbocycles. The third-order valence-electron chi connectivity index (χ3n) is 4.07. The van der Waals surface area contributed by atoms with Gasteiger partial charge in [0.25, 0.3) is 0 Å². The molecule has 1 fully saturated rings. The van der Waals surface area contributed by atoms with Crippen molar-refractivity contribution in [1.29, 1.82) is 0 Å². The minimum absolute atomic E-state index is 0.0122. The van der Waals surface area contributed by atoms with Gasteiger partial charge in [0, 0.05) is 11.7 Å². The second-order valence-electron chi connectivity index (χ2n) is 6.22. The van der Waals surface area contributed by atoms with E-state index >= 15 is 0 Å². The molecule has 6 nitrogen and oxygen atoms in total. The molecule has 156 valence electrons. The zero-order valence-electron chi connectivity index (χ0n) is 14.4. The van der Waals surface area contributed by atoms with Crippen molar-refractivity contribution in [2.24, 2.45) is 0 Å². The first-order valence-electron chi connectivity index (χ1n) is 8.14. The summed E-state index contributed by atoms with van der Waals surface area (Å²) in [5.74, 6) is -12.7. The molecule has 0 radical (unpaired) electrons. The molecule has 1 aliphatic heterocycles. The minimum Gasteiger partial charge on any atom is -0.451 e. The summed E-state index contributed by atoms with van der Waals surface area (Å²) in [6, 6.07) is 3.59. The van der Waals surface area contributed by atoms with E-state index < -0.39 is 56.7 Å². The Labute approximate surface area is 161 Å². The topological polar surface area (TPSA) is 84.5 Å². The smallest absolute Gasteiger partial charge is 0.319 e. The lowest BCUT2D eigenvalue weighted by atomic mass is 10.2. The molecule has 2 N–H and O–H groups in total. The van der Waals surface area contributed by atoms with E-state index in [9.17, 15) is 35.2 Å². The van der Waals surface area contributed by atoms with Gasteiger partial charge in [-0.2, -0.15) is 8.78 Å². The van der Waals surface area contributed by atoms with Gasteiger partial charge in [-0.25, -0.2) is 26.4 Å². The van der Waals surface area contributed by atoms with Gasteiger partial charge in [-0.1, -0.05) is 0 Å². The zero-order chi connectivity index (χ0) is 21.3. The SMILES string of the molecule is O=C(Nc1ccc(Oc2c(F)c(F)c(F)c(F)c2F)cc1)NC1CCS(=O)(=O)C1. The van der Waals surface area contributed by atoms with Gasteiger partial charge >= 0.3 is 6.03 Å². The van der Waals surface area contributed by atoms with Crippen LogP contribution >= 0.6 is 0 Å². The van der Waals surface area contributed by atoms with E-state index in [-0.39, 0.29) is 22.9 Å². The standard InChI is InChI=1S/C17H13F5N2O4S/c18-11-12(19)14(21)16(15(22)13(11)20)28-10-3-1-8(2-4-10)23-17(25)24-9-5-6-29(26,27)7-9/h1-4,9H,5-7H2,(H2,23,24,25). The monoisotopic (exact) mass is 436 g/mol. The summed E-state index contributed by atoms with van der Waals surface area (Å²) in [5, 5.41) is 4.91. The van der Waals surface area contributed by atoms with Crippen molar-refractivity contribution < 1.29 is 39.9 Å². The van der Waals surface area contributed by atoms with Gasteiger partial charge in [-0.15, -0.1) is 0 Å². The summed E-state index contributed by atoms with van der Waals surface area (Å²) in [5.41, 5.74) is 0.216. The molecule has 0 spiro atoms. The van der Waals surface area contributed by atoms with Crippen molar-refractivity contribution in [2.45, 2.75) is 12.5 Å². The number of sulfone groups is 1. The fourth-order valence-electron chi connectivity index (χ4n) is 2.66. The number of carbonyl (C=O) groups excluding carboxylic acids is 1. The predicted molar refractivity (Wildman–Crippen MR) is 92.0 cm³/mol. The average molecular weight is 436 g/mol. The quantitative estimate of drug-likeness (QED) is 0.437. The maximum atomic E-state index is 13.6. The number of benzene rings is 2. The van der Waals surface area contributed by atoms with Gasteiger partial charge in [0.15, 0.2) is 9.84 Å². The van der Waals surface area contributed by atoms with Crippen LogP contribution in [0, 0.1) is 29.1 Å². The Kier molecular flexibility index (Phi) is 5.64. The first-order chi connectivity index (χ1) is 13.6. The highest BCUT2D eigenvalue weighted by Crippen LogP contribution is 2.33. The molecular formula is C17H13F5N2O4S. The van der Waals surface area contributed by atoms with E-state index in [1.807, 2.05) is 0 Å². The van der Waals surface area contributed by atoms with Crippen LogP contribution in [0.1, 0.15) is 6.42 Å². The number of halogens is 5. The lowest BCUT2D eigenvalue weighted by Gasteiger charge is -2.13. The van der Waals surface area contributed by atoms with Crippen LogP contribution in [0.5, 0.6) is 11.5 Å². The molecule has 1 saturated heterocycles. The predicted octanol–water partition coefficient (Wildman–Crippen LogP) is 3.48. The first kappa shape index (κ1) is 20.8. The Hall–Kier alpha value is -2.89. The molecule has 0 aliphatic carbocycles. The maximum Gasteiger partial charge on any atom is 0.319 e. The maximum absolute atomic E-state index is 13.6. The van der Waals surface area contributed by atoms with Gasteiger partial charge in [0.05, 0.1) is 11.5 Å². The molecule has 2 aromatic carbocycles. The van der Waals surface area contributed by atoms with E-state index in [4.69, 9.17) is 4.74 Å². The summed E-state index contributed by atoms with van der Waals surface area (Å²) in [7, 11) is -3.16. The fourth-order valence-corrected chi connectivity index (χ4v) is 4.33. The molecule has 1 aliphatic rings. The van der Waals surface area contributed by atoms with Crippen LogP contribution in [0.3, 0.4) is 0 Å². The number of carbonyl (C=O) groups is 1. The van der Waals surface area contributed by atoms with Crippen molar-refractivity contribution in [1.82, 2.24) is 5.32 Å². The number of hydrogen-bond donors (Lipinski definition) is 2. The Bertz CT molecular complexity index is 1030.